The minimum Gasteiger partial charge on any atom is -0.481 e. The first kappa shape index (κ1) is 29.3. The molecular weight excluding hydrogens is 511 g/mol. The minimum absolute atomic E-state index is 0.00377. The second-order valence-corrected chi connectivity index (χ2v) is 10.1. The number of carbonyl (C=O) groups is 2. The second kappa shape index (κ2) is 14.6. The Hall–Kier alpha value is -3.23. The highest BCUT2D eigenvalue weighted by molar-refractivity contribution is 6.30. The number of hydrogen-bond acceptors (Lipinski definition) is 5. The summed E-state index contributed by atoms with van der Waals surface area (Å²) in [7, 11) is 0. The van der Waals surface area contributed by atoms with Gasteiger partial charge >= 0.3 is 5.97 Å². The molecule has 0 saturated heterocycles. The molecule has 1 aliphatic rings. The topological polar surface area (TPSA) is 102 Å². The standard InChI is InChI=1S/C22H26ClFN2O4.C7H8O/c1-14-4-2-3-5-15(14)9-19(27)12-26-21(10-18(25-26)11-22(28)29)30-13-16-8-17(23)6-7-20(16)24;8-6-7-4-2-1-3-5-7/h6-8,10,14-15H,2-5,9,11-13H2,1H3,(H,28,29);1-5,8H,6H2/t14?,15-;/m1./s1. The van der Waals surface area contributed by atoms with E-state index in [-0.39, 0.29) is 49.1 Å². The number of benzene rings is 2. The number of carbonyl (C=O) groups excluding carboxylic acids is 1. The molecule has 9 heteroatoms. The molecule has 0 amide bonds. The van der Waals surface area contributed by atoms with Crippen molar-refractivity contribution in [2.24, 2.45) is 11.8 Å². The Bertz CT molecular complexity index is 1200. The lowest BCUT2D eigenvalue weighted by Gasteiger charge is -2.28. The quantitative estimate of drug-likeness (QED) is 0.332. The average Bonchev–Trinajstić information content (AvgIpc) is 3.26. The summed E-state index contributed by atoms with van der Waals surface area (Å²) in [6.45, 7) is 2.21. The molecule has 0 aliphatic heterocycles. The van der Waals surface area contributed by atoms with Gasteiger partial charge in [-0.25, -0.2) is 9.07 Å². The zero-order chi connectivity index (χ0) is 27.5. The number of ketones is 1. The number of aliphatic hydroxyl groups is 1. The maximum atomic E-state index is 14.0. The van der Waals surface area contributed by atoms with E-state index in [1.807, 2.05) is 30.3 Å². The SMILES string of the molecule is CC1CCCC[C@@H]1CC(=O)Cn1nc(CC(=O)O)cc1OCc1cc(Cl)ccc1F.OCc1ccccc1. The third-order valence-electron chi connectivity index (χ3n) is 6.64. The van der Waals surface area contributed by atoms with E-state index in [9.17, 15) is 14.0 Å². The van der Waals surface area contributed by atoms with Crippen LogP contribution >= 0.6 is 11.6 Å². The number of aromatic nitrogens is 2. The van der Waals surface area contributed by atoms with Crippen LogP contribution in [0.15, 0.2) is 54.6 Å². The van der Waals surface area contributed by atoms with E-state index in [1.54, 1.807) is 0 Å². The van der Waals surface area contributed by atoms with Gasteiger partial charge in [0, 0.05) is 23.1 Å². The predicted octanol–water partition coefficient (Wildman–Crippen LogP) is 5.85. The minimum atomic E-state index is -1.03. The van der Waals surface area contributed by atoms with Crippen molar-refractivity contribution in [3.05, 3.63) is 82.3 Å². The Kier molecular flexibility index (Phi) is 11.3. The Balaban J connectivity index is 0.000000427. The molecule has 2 N–H and O–H groups in total. The molecule has 1 unspecified atom stereocenters. The van der Waals surface area contributed by atoms with Gasteiger partial charge in [-0.1, -0.05) is 68.1 Å². The number of aliphatic carboxylic acids is 1. The second-order valence-electron chi connectivity index (χ2n) is 9.63. The lowest BCUT2D eigenvalue weighted by molar-refractivity contribution is -0.136. The third-order valence-corrected chi connectivity index (χ3v) is 6.87. The smallest absolute Gasteiger partial charge is 0.309 e. The van der Waals surface area contributed by atoms with Gasteiger partial charge in [0.25, 0.3) is 0 Å². The van der Waals surface area contributed by atoms with E-state index in [2.05, 4.69) is 12.0 Å². The zero-order valence-electron chi connectivity index (χ0n) is 21.5. The maximum Gasteiger partial charge on any atom is 0.309 e. The van der Waals surface area contributed by atoms with Crippen molar-refractivity contribution in [2.45, 2.75) is 65.2 Å². The number of carboxylic acid groups (broad SMARTS) is 1. The van der Waals surface area contributed by atoms with Gasteiger partial charge in [0.05, 0.1) is 18.7 Å². The zero-order valence-corrected chi connectivity index (χ0v) is 22.2. The number of hydrogen-bond donors (Lipinski definition) is 2. The van der Waals surface area contributed by atoms with E-state index in [0.29, 0.717) is 23.3 Å². The first-order chi connectivity index (χ1) is 18.2. The summed E-state index contributed by atoms with van der Waals surface area (Å²) in [5, 5.41) is 22.2. The number of ether oxygens (including phenoxy) is 1. The molecule has 0 bridgehead atoms. The first-order valence-electron chi connectivity index (χ1n) is 12.8. The fourth-order valence-electron chi connectivity index (χ4n) is 4.53. The van der Waals surface area contributed by atoms with Gasteiger partial charge < -0.3 is 14.9 Å². The molecule has 2 aromatic carbocycles. The molecule has 1 heterocycles. The number of halogens is 2. The third kappa shape index (κ3) is 9.26. The number of rotatable bonds is 10. The summed E-state index contributed by atoms with van der Waals surface area (Å²) in [4.78, 5) is 23.7. The van der Waals surface area contributed by atoms with Gasteiger partial charge in [0.1, 0.15) is 19.0 Å². The summed E-state index contributed by atoms with van der Waals surface area (Å²) in [5.74, 6) is -0.351. The van der Waals surface area contributed by atoms with E-state index in [4.69, 9.17) is 26.6 Å². The van der Waals surface area contributed by atoms with Crippen LogP contribution in [0.4, 0.5) is 4.39 Å². The Morgan fingerprint density at radius 3 is 2.53 bits per heavy atom. The summed E-state index contributed by atoms with van der Waals surface area (Å²) >= 11 is 5.91. The molecule has 3 aromatic rings. The predicted molar refractivity (Wildman–Crippen MR) is 142 cm³/mol. The van der Waals surface area contributed by atoms with E-state index < -0.39 is 11.8 Å². The van der Waals surface area contributed by atoms with Gasteiger partial charge in [0.15, 0.2) is 5.78 Å². The summed E-state index contributed by atoms with van der Waals surface area (Å²) in [6, 6.07) is 15.2. The Labute approximate surface area is 227 Å². The van der Waals surface area contributed by atoms with E-state index in [0.717, 1.165) is 24.8 Å². The lowest BCUT2D eigenvalue weighted by Crippen LogP contribution is -2.23. The van der Waals surface area contributed by atoms with Crippen LogP contribution in [-0.2, 0) is 35.8 Å². The Morgan fingerprint density at radius 1 is 1.13 bits per heavy atom. The summed E-state index contributed by atoms with van der Waals surface area (Å²) in [5.41, 5.74) is 1.51. The van der Waals surface area contributed by atoms with E-state index in [1.165, 1.54) is 35.4 Å². The van der Waals surface area contributed by atoms with Gasteiger partial charge in [-0.3, -0.25) is 9.59 Å². The van der Waals surface area contributed by atoms with Crippen molar-refractivity contribution in [2.75, 3.05) is 0 Å². The fraction of sp³-hybridized carbons (Fsp3) is 0.414. The molecule has 1 aliphatic carbocycles. The van der Waals surface area contributed by atoms with Crippen LogP contribution in [0.3, 0.4) is 0 Å². The van der Waals surface area contributed by atoms with E-state index >= 15 is 0 Å². The molecule has 38 heavy (non-hydrogen) atoms. The van der Waals surface area contributed by atoms with Crippen LogP contribution in [0.2, 0.25) is 5.02 Å². The molecule has 1 fully saturated rings. The fourth-order valence-corrected chi connectivity index (χ4v) is 4.73. The van der Waals surface area contributed by atoms with Crippen molar-refractivity contribution < 1.29 is 28.9 Å². The van der Waals surface area contributed by atoms with Crippen LogP contribution in [0.1, 0.15) is 55.8 Å². The number of aliphatic hydroxyl groups excluding tert-OH is 1. The molecule has 7 nitrogen and oxygen atoms in total. The van der Waals surface area contributed by atoms with Gasteiger partial charge in [-0.05, 0) is 42.0 Å². The average molecular weight is 545 g/mol. The van der Waals surface area contributed by atoms with Gasteiger partial charge in [-0.2, -0.15) is 5.10 Å². The van der Waals surface area contributed by atoms with Gasteiger partial charge in [0.2, 0.25) is 5.88 Å². The molecule has 2 atom stereocenters. The van der Waals surface area contributed by atoms with Crippen LogP contribution in [0.25, 0.3) is 0 Å². The van der Waals surface area contributed by atoms with Gasteiger partial charge in [-0.15, -0.1) is 0 Å². The highest BCUT2D eigenvalue weighted by Crippen LogP contribution is 2.32. The molecule has 4 rings (SSSR count). The van der Waals surface area contributed by atoms with Crippen LogP contribution in [0, 0.1) is 17.7 Å². The summed E-state index contributed by atoms with van der Waals surface area (Å²) in [6.07, 6.45) is 4.73. The number of Topliss-reactive ketones (excluding diaryl/α,β-unsaturated/α-hetero) is 1. The van der Waals surface area contributed by atoms with Crippen molar-refractivity contribution >= 4 is 23.4 Å². The lowest BCUT2D eigenvalue weighted by atomic mass is 9.78. The van der Waals surface area contributed by atoms with Crippen LogP contribution in [-0.4, -0.2) is 31.7 Å². The Morgan fingerprint density at radius 2 is 1.87 bits per heavy atom. The normalized spacial score (nSPS) is 16.8. The first-order valence-corrected chi connectivity index (χ1v) is 13.1. The molecule has 204 valence electrons. The molecular formula is C29H34ClFN2O5. The molecule has 0 spiro atoms. The molecule has 1 saturated carbocycles. The van der Waals surface area contributed by atoms with Crippen molar-refractivity contribution in [1.82, 2.24) is 9.78 Å². The monoisotopic (exact) mass is 544 g/mol. The molecule has 0 radical (unpaired) electrons. The van der Waals surface area contributed by atoms with Crippen molar-refractivity contribution in [1.29, 1.82) is 0 Å². The van der Waals surface area contributed by atoms with Crippen molar-refractivity contribution in [3.8, 4) is 5.88 Å². The molecule has 1 aromatic heterocycles. The largest absolute Gasteiger partial charge is 0.481 e. The van der Waals surface area contributed by atoms with Crippen LogP contribution < -0.4 is 4.74 Å². The highest BCUT2D eigenvalue weighted by Gasteiger charge is 2.24. The van der Waals surface area contributed by atoms with Crippen molar-refractivity contribution in [3.63, 3.8) is 0 Å². The summed E-state index contributed by atoms with van der Waals surface area (Å²) < 4.78 is 21.0. The van der Waals surface area contributed by atoms with Crippen LogP contribution in [0.5, 0.6) is 5.88 Å². The number of carboxylic acids is 1. The maximum absolute atomic E-state index is 14.0. The number of nitrogens with zero attached hydrogens (tertiary/aromatic N) is 2. The highest BCUT2D eigenvalue weighted by atomic mass is 35.5.